The first-order chi connectivity index (χ1) is 12.9. The number of carbonyl (C=O) groups excluding carboxylic acids is 2. The van der Waals surface area contributed by atoms with Gasteiger partial charge in [0.25, 0.3) is 5.91 Å². The first kappa shape index (κ1) is 20.5. The predicted octanol–water partition coefficient (Wildman–Crippen LogP) is 2.89. The van der Waals surface area contributed by atoms with Crippen LogP contribution in [0.15, 0.2) is 48.5 Å². The van der Waals surface area contributed by atoms with E-state index in [9.17, 15) is 9.59 Å². The van der Waals surface area contributed by atoms with Gasteiger partial charge >= 0.3 is 0 Å². The van der Waals surface area contributed by atoms with Crippen molar-refractivity contribution in [1.29, 1.82) is 0 Å². The molecule has 144 valence electrons. The number of hydrogen-bond acceptors (Lipinski definition) is 3. The van der Waals surface area contributed by atoms with Crippen LogP contribution in [0.5, 0.6) is 5.75 Å². The van der Waals surface area contributed by atoms with E-state index < -0.39 is 6.04 Å². The van der Waals surface area contributed by atoms with Crippen LogP contribution in [-0.4, -0.2) is 43.0 Å². The molecule has 0 aliphatic rings. The molecular formula is C22H28N2O3. The van der Waals surface area contributed by atoms with Gasteiger partial charge in [0.1, 0.15) is 11.8 Å². The minimum atomic E-state index is -0.562. The number of hydrogen-bond donors (Lipinski definition) is 1. The molecular weight excluding hydrogens is 340 g/mol. The molecule has 0 aromatic heterocycles. The fourth-order valence-corrected chi connectivity index (χ4v) is 2.88. The Morgan fingerprint density at radius 2 is 1.78 bits per heavy atom. The summed E-state index contributed by atoms with van der Waals surface area (Å²) in [5.41, 5.74) is 3.25. The highest BCUT2D eigenvalue weighted by molar-refractivity contribution is 5.87. The van der Waals surface area contributed by atoms with Crippen molar-refractivity contribution in [3.63, 3.8) is 0 Å². The molecule has 2 rings (SSSR count). The topological polar surface area (TPSA) is 58.6 Å². The van der Waals surface area contributed by atoms with Gasteiger partial charge in [-0.3, -0.25) is 9.59 Å². The van der Waals surface area contributed by atoms with Crippen molar-refractivity contribution in [2.45, 2.75) is 33.2 Å². The maximum atomic E-state index is 12.8. The van der Waals surface area contributed by atoms with Gasteiger partial charge in [0.05, 0.1) is 0 Å². The molecule has 0 spiro atoms. The summed E-state index contributed by atoms with van der Waals surface area (Å²) in [5, 5.41) is 2.62. The molecule has 0 saturated carbocycles. The van der Waals surface area contributed by atoms with Crippen molar-refractivity contribution in [3.05, 3.63) is 65.2 Å². The molecule has 2 aromatic carbocycles. The quantitative estimate of drug-likeness (QED) is 0.779. The number of likely N-dealkylation sites (N-methyl/N-ethyl adjacent to an activating group) is 1. The Bertz CT molecular complexity index is 774. The van der Waals surface area contributed by atoms with E-state index in [-0.39, 0.29) is 18.4 Å². The van der Waals surface area contributed by atoms with Crippen LogP contribution in [-0.2, 0) is 16.0 Å². The zero-order valence-electron chi connectivity index (χ0n) is 16.5. The maximum absolute atomic E-state index is 12.8. The number of aryl methyl sites for hydroxylation is 1. The first-order valence-electron chi connectivity index (χ1n) is 9.18. The third-order valence-electron chi connectivity index (χ3n) is 4.80. The molecule has 0 bridgehead atoms. The molecule has 0 unspecified atom stereocenters. The molecule has 1 N–H and O–H groups in total. The van der Waals surface area contributed by atoms with Crippen LogP contribution in [0.1, 0.15) is 23.6 Å². The van der Waals surface area contributed by atoms with E-state index in [4.69, 9.17) is 4.74 Å². The lowest BCUT2D eigenvalue weighted by Crippen LogP contribution is -2.49. The zero-order chi connectivity index (χ0) is 19.8. The van der Waals surface area contributed by atoms with Crippen LogP contribution in [0.25, 0.3) is 0 Å². The zero-order valence-corrected chi connectivity index (χ0v) is 16.5. The fraction of sp³-hybridized carbons (Fsp3) is 0.364. The highest BCUT2D eigenvalue weighted by Gasteiger charge is 2.25. The van der Waals surface area contributed by atoms with E-state index in [0.717, 1.165) is 16.7 Å². The number of benzene rings is 2. The lowest BCUT2D eigenvalue weighted by Gasteiger charge is -2.28. The van der Waals surface area contributed by atoms with Gasteiger partial charge < -0.3 is 15.0 Å². The third-order valence-corrected chi connectivity index (χ3v) is 4.80. The van der Waals surface area contributed by atoms with Gasteiger partial charge in [-0.2, -0.15) is 0 Å². The molecule has 0 radical (unpaired) electrons. The highest BCUT2D eigenvalue weighted by Crippen LogP contribution is 2.20. The van der Waals surface area contributed by atoms with Crippen LogP contribution in [0, 0.1) is 13.8 Å². The summed E-state index contributed by atoms with van der Waals surface area (Å²) in [5.74, 6) is 0.296. The predicted molar refractivity (Wildman–Crippen MR) is 107 cm³/mol. The molecule has 0 aliphatic carbocycles. The Morgan fingerprint density at radius 1 is 1.07 bits per heavy atom. The van der Waals surface area contributed by atoms with E-state index in [1.807, 2.05) is 62.4 Å². The van der Waals surface area contributed by atoms with Crippen LogP contribution in [0.3, 0.4) is 0 Å². The Balaban J connectivity index is 2.07. The maximum Gasteiger partial charge on any atom is 0.261 e. The molecule has 1 atom stereocenters. The minimum Gasteiger partial charge on any atom is -0.483 e. The van der Waals surface area contributed by atoms with Gasteiger partial charge in [-0.15, -0.1) is 0 Å². The van der Waals surface area contributed by atoms with Crippen LogP contribution < -0.4 is 10.1 Å². The first-order valence-corrected chi connectivity index (χ1v) is 9.18. The van der Waals surface area contributed by atoms with E-state index in [2.05, 4.69) is 5.32 Å². The van der Waals surface area contributed by atoms with Gasteiger partial charge in [-0.25, -0.2) is 0 Å². The van der Waals surface area contributed by atoms with Crippen LogP contribution in [0.2, 0.25) is 0 Å². The fourth-order valence-electron chi connectivity index (χ4n) is 2.88. The normalized spacial score (nSPS) is 11.6. The third kappa shape index (κ3) is 5.58. The van der Waals surface area contributed by atoms with Crippen LogP contribution in [0.4, 0.5) is 0 Å². The number of rotatable bonds is 8. The largest absolute Gasteiger partial charge is 0.483 e. The number of ether oxygens (including phenoxy) is 1. The van der Waals surface area contributed by atoms with Gasteiger partial charge in [0.2, 0.25) is 5.91 Å². The Morgan fingerprint density at radius 3 is 2.44 bits per heavy atom. The summed E-state index contributed by atoms with van der Waals surface area (Å²) in [6.45, 7) is 6.06. The van der Waals surface area contributed by atoms with Gasteiger partial charge in [-0.1, -0.05) is 42.5 Å². The van der Waals surface area contributed by atoms with Crippen molar-refractivity contribution < 1.29 is 14.3 Å². The molecule has 2 aromatic rings. The smallest absolute Gasteiger partial charge is 0.261 e. The van der Waals surface area contributed by atoms with E-state index >= 15 is 0 Å². The average molecular weight is 368 g/mol. The van der Waals surface area contributed by atoms with Crippen LogP contribution >= 0.6 is 0 Å². The van der Waals surface area contributed by atoms with Gasteiger partial charge in [0, 0.05) is 13.6 Å². The summed E-state index contributed by atoms with van der Waals surface area (Å²) in [6.07, 6.45) is 0.678. The highest BCUT2D eigenvalue weighted by atomic mass is 16.5. The molecule has 0 saturated heterocycles. The number of amides is 2. The Kier molecular flexibility index (Phi) is 7.41. The summed E-state index contributed by atoms with van der Waals surface area (Å²) in [7, 11) is 1.57. The Hall–Kier alpha value is -2.82. The molecule has 0 heterocycles. The van der Waals surface area contributed by atoms with Crippen molar-refractivity contribution in [1.82, 2.24) is 10.2 Å². The standard InChI is InChI=1S/C22H28N2O3/c1-16-9-8-12-20(17(16)2)27-15-21(25)24(18(3)22(26)23-4)14-13-19-10-6-5-7-11-19/h5-12,18H,13-15H2,1-4H3,(H,23,26)/t18-/m0/s1. The van der Waals surface area contributed by atoms with Crippen molar-refractivity contribution in [2.24, 2.45) is 0 Å². The summed E-state index contributed by atoms with van der Waals surface area (Å²) >= 11 is 0. The molecule has 0 fully saturated rings. The number of nitrogens with one attached hydrogen (secondary N) is 1. The van der Waals surface area contributed by atoms with Crippen molar-refractivity contribution in [2.75, 3.05) is 20.2 Å². The molecule has 5 heteroatoms. The van der Waals surface area contributed by atoms with Gasteiger partial charge in [-0.05, 0) is 49.9 Å². The summed E-state index contributed by atoms with van der Waals surface area (Å²) < 4.78 is 5.75. The summed E-state index contributed by atoms with van der Waals surface area (Å²) in [4.78, 5) is 26.5. The lowest BCUT2D eigenvalue weighted by molar-refractivity contribution is -0.141. The molecule has 5 nitrogen and oxygen atoms in total. The number of nitrogens with zero attached hydrogens (tertiary/aromatic N) is 1. The Labute approximate surface area is 161 Å². The SMILES string of the molecule is CNC(=O)[C@H](C)N(CCc1ccccc1)C(=O)COc1cccc(C)c1C. The molecule has 0 aliphatic heterocycles. The second-order valence-corrected chi connectivity index (χ2v) is 6.60. The van der Waals surface area contributed by atoms with Crippen molar-refractivity contribution in [3.8, 4) is 5.75 Å². The van der Waals surface area contributed by atoms with Gasteiger partial charge in [0.15, 0.2) is 6.61 Å². The molecule has 2 amide bonds. The second kappa shape index (κ2) is 9.76. The van der Waals surface area contributed by atoms with Crippen molar-refractivity contribution >= 4 is 11.8 Å². The monoisotopic (exact) mass is 368 g/mol. The minimum absolute atomic E-state index is 0.0968. The summed E-state index contributed by atoms with van der Waals surface area (Å²) in [6, 6.07) is 15.1. The molecule has 27 heavy (non-hydrogen) atoms. The van der Waals surface area contributed by atoms with E-state index in [1.54, 1.807) is 18.9 Å². The average Bonchev–Trinajstić information content (AvgIpc) is 2.69. The number of carbonyl (C=O) groups is 2. The lowest BCUT2D eigenvalue weighted by atomic mass is 10.1. The van der Waals surface area contributed by atoms with E-state index in [1.165, 1.54) is 0 Å². The second-order valence-electron chi connectivity index (χ2n) is 6.60. The van der Waals surface area contributed by atoms with E-state index in [0.29, 0.717) is 18.7 Å².